The number of benzene rings is 1. The van der Waals surface area contributed by atoms with Crippen LogP contribution in [0, 0.1) is 0 Å². The smallest absolute Gasteiger partial charge is 0.261 e. The van der Waals surface area contributed by atoms with Gasteiger partial charge in [-0.2, -0.15) is 4.98 Å². The average Bonchev–Trinajstić information content (AvgIpc) is 2.92. The van der Waals surface area contributed by atoms with Gasteiger partial charge in [0.05, 0.1) is 23.4 Å². The van der Waals surface area contributed by atoms with Crippen molar-refractivity contribution in [3.05, 3.63) is 23.0 Å². The first-order chi connectivity index (χ1) is 9.60. The zero-order chi connectivity index (χ0) is 14.7. The highest BCUT2D eigenvalue weighted by Gasteiger charge is 2.20. The quantitative estimate of drug-likeness (QED) is 0.854. The maximum Gasteiger partial charge on any atom is 0.261 e. The second kappa shape index (κ2) is 6.11. The summed E-state index contributed by atoms with van der Waals surface area (Å²) in [7, 11) is 3.14. The number of nitrogen functional groups attached to an aromatic ring is 1. The third-order valence-corrected chi connectivity index (χ3v) is 3.26. The van der Waals surface area contributed by atoms with Crippen molar-refractivity contribution in [3.8, 4) is 17.2 Å². The van der Waals surface area contributed by atoms with Crippen LogP contribution < -0.4 is 10.5 Å². The molecule has 7 heteroatoms. The van der Waals surface area contributed by atoms with E-state index < -0.39 is 0 Å². The first kappa shape index (κ1) is 14.6. The van der Waals surface area contributed by atoms with E-state index >= 15 is 0 Å². The number of anilines is 1. The van der Waals surface area contributed by atoms with Gasteiger partial charge < -0.3 is 19.7 Å². The Morgan fingerprint density at radius 2 is 2.15 bits per heavy atom. The molecule has 0 amide bonds. The summed E-state index contributed by atoms with van der Waals surface area (Å²) in [4.78, 5) is 4.32. The fourth-order valence-corrected chi connectivity index (χ4v) is 2.00. The second-order valence-corrected chi connectivity index (χ2v) is 4.57. The van der Waals surface area contributed by atoms with Crippen LogP contribution in [0.5, 0.6) is 5.75 Å². The van der Waals surface area contributed by atoms with Gasteiger partial charge in [-0.1, -0.05) is 23.7 Å². The predicted octanol–water partition coefficient (Wildman–Crippen LogP) is 3.08. The summed E-state index contributed by atoms with van der Waals surface area (Å²) in [5, 5.41) is 4.32. The number of nitrogens with zero attached hydrogens (tertiary/aromatic N) is 2. The first-order valence-corrected chi connectivity index (χ1v) is 6.48. The topological polar surface area (TPSA) is 83.4 Å². The van der Waals surface area contributed by atoms with E-state index in [1.165, 1.54) is 7.11 Å². The van der Waals surface area contributed by atoms with E-state index in [0.717, 1.165) is 6.42 Å². The van der Waals surface area contributed by atoms with E-state index in [0.29, 0.717) is 33.7 Å². The number of nitrogens with two attached hydrogens (primary N) is 1. The second-order valence-electron chi connectivity index (χ2n) is 4.16. The molecule has 1 aromatic carbocycles. The molecule has 0 spiro atoms. The Labute approximate surface area is 121 Å². The van der Waals surface area contributed by atoms with Crippen molar-refractivity contribution in [2.75, 3.05) is 20.0 Å². The highest BCUT2D eigenvalue weighted by atomic mass is 35.5. The normalized spacial score (nSPS) is 12.4. The Morgan fingerprint density at radius 1 is 1.40 bits per heavy atom. The van der Waals surface area contributed by atoms with Gasteiger partial charge in [-0.15, -0.1) is 0 Å². The van der Waals surface area contributed by atoms with Crippen molar-refractivity contribution in [2.24, 2.45) is 0 Å². The van der Waals surface area contributed by atoms with E-state index in [2.05, 4.69) is 10.1 Å². The molecule has 1 unspecified atom stereocenters. The van der Waals surface area contributed by atoms with Crippen molar-refractivity contribution >= 4 is 17.3 Å². The Balaban J connectivity index is 2.44. The zero-order valence-electron chi connectivity index (χ0n) is 11.5. The van der Waals surface area contributed by atoms with Crippen LogP contribution >= 0.6 is 11.6 Å². The van der Waals surface area contributed by atoms with E-state index in [4.69, 9.17) is 31.3 Å². The van der Waals surface area contributed by atoms with Gasteiger partial charge in [0.25, 0.3) is 5.89 Å². The van der Waals surface area contributed by atoms with Crippen molar-refractivity contribution in [1.82, 2.24) is 10.1 Å². The molecule has 0 bridgehead atoms. The third kappa shape index (κ3) is 2.71. The van der Waals surface area contributed by atoms with Gasteiger partial charge >= 0.3 is 0 Å². The summed E-state index contributed by atoms with van der Waals surface area (Å²) < 4.78 is 15.8. The van der Waals surface area contributed by atoms with Crippen molar-refractivity contribution < 1.29 is 14.0 Å². The standard InChI is InChI=1S/C13H16ClN3O3/c1-4-10(18-2)12-16-13(20-17-12)7-5-8(14)9(15)6-11(7)19-3/h5-6,10H,4,15H2,1-3H3. The molecule has 1 heterocycles. The molecule has 6 nitrogen and oxygen atoms in total. The van der Waals surface area contributed by atoms with E-state index in [-0.39, 0.29) is 6.10 Å². The molecule has 2 N–H and O–H groups in total. The molecule has 20 heavy (non-hydrogen) atoms. The molecular weight excluding hydrogens is 282 g/mol. The van der Waals surface area contributed by atoms with Crippen LogP contribution in [0.25, 0.3) is 11.5 Å². The molecule has 108 valence electrons. The molecule has 0 aliphatic heterocycles. The van der Waals surface area contributed by atoms with Crippen LogP contribution in [-0.2, 0) is 4.74 Å². The number of hydrogen-bond donors (Lipinski definition) is 1. The molecule has 0 saturated carbocycles. The minimum absolute atomic E-state index is 0.206. The Hall–Kier alpha value is -1.79. The van der Waals surface area contributed by atoms with Gasteiger partial charge in [0.2, 0.25) is 5.82 Å². The largest absolute Gasteiger partial charge is 0.496 e. The first-order valence-electron chi connectivity index (χ1n) is 6.10. The van der Waals surface area contributed by atoms with E-state index in [1.54, 1.807) is 19.2 Å². The minimum atomic E-state index is -0.206. The monoisotopic (exact) mass is 297 g/mol. The molecule has 0 aliphatic rings. The molecule has 1 aromatic heterocycles. The van der Waals surface area contributed by atoms with Gasteiger partial charge in [-0.3, -0.25) is 0 Å². The zero-order valence-corrected chi connectivity index (χ0v) is 12.3. The number of halogens is 1. The average molecular weight is 298 g/mol. The van der Waals surface area contributed by atoms with Gasteiger partial charge in [0.15, 0.2) is 0 Å². The lowest BCUT2D eigenvalue weighted by molar-refractivity contribution is 0.0903. The molecule has 2 rings (SSSR count). The number of methoxy groups -OCH3 is 2. The summed E-state index contributed by atoms with van der Waals surface area (Å²) in [6.07, 6.45) is 0.539. The van der Waals surface area contributed by atoms with Crippen LogP contribution in [0.3, 0.4) is 0 Å². The Bertz CT molecular complexity index is 597. The van der Waals surface area contributed by atoms with Gasteiger partial charge in [-0.05, 0) is 12.5 Å². The number of ether oxygens (including phenoxy) is 2. The molecule has 0 saturated heterocycles. The van der Waals surface area contributed by atoms with Crippen LogP contribution in [0.15, 0.2) is 16.7 Å². The maximum absolute atomic E-state index is 6.02. The summed E-state index contributed by atoms with van der Waals surface area (Å²) in [5.74, 6) is 1.32. The molecule has 0 aliphatic carbocycles. The molecule has 0 radical (unpaired) electrons. The van der Waals surface area contributed by atoms with Crippen molar-refractivity contribution in [1.29, 1.82) is 0 Å². The van der Waals surface area contributed by atoms with Crippen LogP contribution in [-0.4, -0.2) is 24.4 Å². The fourth-order valence-electron chi connectivity index (χ4n) is 1.83. The van der Waals surface area contributed by atoms with Crippen LogP contribution in [0.1, 0.15) is 25.3 Å². The van der Waals surface area contributed by atoms with Gasteiger partial charge in [0.1, 0.15) is 11.9 Å². The highest BCUT2D eigenvalue weighted by Crippen LogP contribution is 2.35. The predicted molar refractivity (Wildman–Crippen MR) is 75.7 cm³/mol. The highest BCUT2D eigenvalue weighted by molar-refractivity contribution is 6.33. The molecular formula is C13H16ClN3O3. The summed E-state index contributed by atoms with van der Waals surface area (Å²) in [5.41, 5.74) is 6.76. The lowest BCUT2D eigenvalue weighted by atomic mass is 10.1. The summed E-state index contributed by atoms with van der Waals surface area (Å²) in [6.45, 7) is 1.98. The SMILES string of the molecule is CCC(OC)c1noc(-c2cc(Cl)c(N)cc2OC)n1. The lowest BCUT2D eigenvalue weighted by Gasteiger charge is -2.08. The van der Waals surface area contributed by atoms with Crippen LogP contribution in [0.4, 0.5) is 5.69 Å². The van der Waals surface area contributed by atoms with Crippen LogP contribution in [0.2, 0.25) is 5.02 Å². The maximum atomic E-state index is 6.02. The minimum Gasteiger partial charge on any atom is -0.496 e. The van der Waals surface area contributed by atoms with Crippen molar-refractivity contribution in [2.45, 2.75) is 19.4 Å². The number of hydrogen-bond acceptors (Lipinski definition) is 6. The summed E-state index contributed by atoms with van der Waals surface area (Å²) >= 11 is 6.02. The van der Waals surface area contributed by atoms with E-state index in [1.807, 2.05) is 6.92 Å². The molecule has 0 fully saturated rings. The Morgan fingerprint density at radius 3 is 2.75 bits per heavy atom. The molecule has 1 atom stereocenters. The van der Waals surface area contributed by atoms with E-state index in [9.17, 15) is 0 Å². The number of rotatable bonds is 5. The fraction of sp³-hybridized carbons (Fsp3) is 0.385. The summed E-state index contributed by atoms with van der Waals surface area (Å²) in [6, 6.07) is 3.26. The number of aromatic nitrogens is 2. The van der Waals surface area contributed by atoms with Gasteiger partial charge in [-0.25, -0.2) is 0 Å². The van der Waals surface area contributed by atoms with Crippen molar-refractivity contribution in [3.63, 3.8) is 0 Å². The van der Waals surface area contributed by atoms with Gasteiger partial charge in [0, 0.05) is 13.2 Å². The third-order valence-electron chi connectivity index (χ3n) is 2.93. The lowest BCUT2D eigenvalue weighted by Crippen LogP contribution is -2.01. The Kier molecular flexibility index (Phi) is 4.46. The molecule has 2 aromatic rings.